The van der Waals surface area contributed by atoms with E-state index in [1.165, 1.54) is 0 Å². The molecule has 74 valence electrons. The third kappa shape index (κ3) is 1.75. The van der Waals surface area contributed by atoms with Crippen LogP contribution in [-0.4, -0.2) is 21.1 Å². The first-order chi connectivity index (χ1) is 6.92. The van der Waals surface area contributed by atoms with Crippen molar-refractivity contribution in [3.63, 3.8) is 0 Å². The lowest BCUT2D eigenvalue weighted by atomic mass is 10.3. The van der Waals surface area contributed by atoms with Gasteiger partial charge in [-0.2, -0.15) is 0 Å². The normalized spacial score (nSPS) is 10.9. The van der Waals surface area contributed by atoms with Gasteiger partial charge in [0.25, 0.3) is 0 Å². The minimum Gasteiger partial charge on any atom is -0.331 e. The van der Waals surface area contributed by atoms with Gasteiger partial charge in [0.15, 0.2) is 0 Å². The molecule has 2 aromatic heterocycles. The van der Waals surface area contributed by atoms with Crippen molar-refractivity contribution in [2.24, 2.45) is 5.73 Å². The van der Waals surface area contributed by atoms with Crippen LogP contribution in [0.3, 0.4) is 0 Å². The Morgan fingerprint density at radius 2 is 2.29 bits per heavy atom. The number of fused-ring (bicyclic) bond motifs is 1. The van der Waals surface area contributed by atoms with Crippen LogP contribution in [0.25, 0.3) is 11.0 Å². The molecule has 0 bridgehead atoms. The average Bonchev–Trinajstić information content (AvgIpc) is 2.63. The molecule has 0 aliphatic heterocycles. The Morgan fingerprint density at radius 1 is 1.36 bits per heavy atom. The van der Waals surface area contributed by atoms with E-state index in [2.05, 4.69) is 14.5 Å². The molecular weight excluding hydrogens is 176 g/mol. The summed E-state index contributed by atoms with van der Waals surface area (Å²) < 4.78 is 2.15. The number of aromatic nitrogens is 3. The highest BCUT2D eigenvalue weighted by atomic mass is 15.0. The van der Waals surface area contributed by atoms with Crippen LogP contribution in [0, 0.1) is 0 Å². The van der Waals surface area contributed by atoms with E-state index in [-0.39, 0.29) is 0 Å². The molecule has 0 saturated carbocycles. The Labute approximate surface area is 82.8 Å². The molecule has 0 aromatic carbocycles. The van der Waals surface area contributed by atoms with Crippen LogP contribution < -0.4 is 5.73 Å². The van der Waals surface area contributed by atoms with Crippen molar-refractivity contribution in [1.29, 1.82) is 0 Å². The summed E-state index contributed by atoms with van der Waals surface area (Å²) in [5.41, 5.74) is 7.55. The van der Waals surface area contributed by atoms with Gasteiger partial charge >= 0.3 is 0 Å². The van der Waals surface area contributed by atoms with Gasteiger partial charge in [-0.25, -0.2) is 4.98 Å². The highest BCUT2D eigenvalue weighted by Gasteiger charge is 2.00. The Kier molecular flexibility index (Phi) is 2.74. The first kappa shape index (κ1) is 9.15. The molecule has 0 unspecified atom stereocenters. The van der Waals surface area contributed by atoms with Crippen LogP contribution in [0.15, 0.2) is 24.8 Å². The highest BCUT2D eigenvalue weighted by molar-refractivity contribution is 5.73. The van der Waals surface area contributed by atoms with Gasteiger partial charge in [0.1, 0.15) is 5.52 Å². The molecule has 0 saturated heterocycles. The van der Waals surface area contributed by atoms with Crippen LogP contribution in [0.2, 0.25) is 0 Å². The summed E-state index contributed by atoms with van der Waals surface area (Å²) in [5.74, 6) is 0. The summed E-state index contributed by atoms with van der Waals surface area (Å²) >= 11 is 0. The van der Waals surface area contributed by atoms with E-state index in [0.29, 0.717) is 0 Å². The van der Waals surface area contributed by atoms with Crippen LogP contribution in [0.5, 0.6) is 0 Å². The van der Waals surface area contributed by atoms with E-state index in [1.807, 2.05) is 12.4 Å². The molecule has 2 heterocycles. The molecule has 2 aromatic rings. The second-order valence-corrected chi connectivity index (χ2v) is 3.30. The van der Waals surface area contributed by atoms with E-state index in [1.54, 1.807) is 12.4 Å². The molecule has 4 nitrogen and oxygen atoms in total. The summed E-state index contributed by atoms with van der Waals surface area (Å²) in [6, 6.07) is 1.99. The van der Waals surface area contributed by atoms with Gasteiger partial charge in [-0.15, -0.1) is 0 Å². The summed E-state index contributed by atoms with van der Waals surface area (Å²) in [5, 5.41) is 0. The van der Waals surface area contributed by atoms with E-state index in [9.17, 15) is 0 Å². The fourth-order valence-electron chi connectivity index (χ4n) is 1.52. The van der Waals surface area contributed by atoms with Gasteiger partial charge in [0, 0.05) is 12.7 Å². The van der Waals surface area contributed by atoms with Crippen LogP contribution in [0.4, 0.5) is 0 Å². The fraction of sp³-hybridized carbons (Fsp3) is 0.400. The Hall–Kier alpha value is -1.42. The molecule has 2 N–H and O–H groups in total. The van der Waals surface area contributed by atoms with Gasteiger partial charge in [0.05, 0.1) is 18.0 Å². The molecule has 0 spiro atoms. The Morgan fingerprint density at radius 3 is 3.14 bits per heavy atom. The lowest BCUT2D eigenvalue weighted by molar-refractivity contribution is 0.627. The van der Waals surface area contributed by atoms with E-state index in [0.717, 1.165) is 37.0 Å². The minimum atomic E-state index is 0.758. The predicted molar refractivity (Wildman–Crippen MR) is 55.8 cm³/mol. The van der Waals surface area contributed by atoms with Crippen molar-refractivity contribution >= 4 is 11.0 Å². The lowest BCUT2D eigenvalue weighted by Crippen LogP contribution is -2.02. The molecule has 2 rings (SSSR count). The summed E-state index contributed by atoms with van der Waals surface area (Å²) in [6.07, 6.45) is 7.61. The smallest absolute Gasteiger partial charge is 0.107 e. The Balaban J connectivity index is 2.17. The number of hydrogen-bond donors (Lipinski definition) is 1. The van der Waals surface area contributed by atoms with Crippen molar-refractivity contribution in [2.75, 3.05) is 6.54 Å². The van der Waals surface area contributed by atoms with Crippen molar-refractivity contribution in [3.8, 4) is 0 Å². The maximum atomic E-state index is 5.45. The number of nitrogens with zero attached hydrogens (tertiary/aromatic N) is 3. The van der Waals surface area contributed by atoms with Crippen LogP contribution >= 0.6 is 0 Å². The second-order valence-electron chi connectivity index (χ2n) is 3.30. The number of hydrogen-bond acceptors (Lipinski definition) is 3. The summed E-state index contributed by atoms with van der Waals surface area (Å²) in [7, 11) is 0. The van der Waals surface area contributed by atoms with E-state index < -0.39 is 0 Å². The van der Waals surface area contributed by atoms with Gasteiger partial charge in [0.2, 0.25) is 0 Å². The number of aryl methyl sites for hydroxylation is 1. The molecular formula is C10H14N4. The molecule has 0 aliphatic carbocycles. The second kappa shape index (κ2) is 4.19. The highest BCUT2D eigenvalue weighted by Crippen LogP contribution is 2.10. The van der Waals surface area contributed by atoms with Crippen molar-refractivity contribution < 1.29 is 0 Å². The predicted octanol–water partition coefficient (Wildman–Crippen LogP) is 1.17. The van der Waals surface area contributed by atoms with Crippen molar-refractivity contribution in [3.05, 3.63) is 24.8 Å². The quantitative estimate of drug-likeness (QED) is 0.736. The molecule has 14 heavy (non-hydrogen) atoms. The maximum absolute atomic E-state index is 5.45. The van der Waals surface area contributed by atoms with Crippen molar-refractivity contribution in [1.82, 2.24) is 14.5 Å². The summed E-state index contributed by atoms with van der Waals surface area (Å²) in [4.78, 5) is 8.29. The SMILES string of the molecule is NCCCCn1cnc2cnccc21. The molecule has 0 fully saturated rings. The molecule has 0 radical (unpaired) electrons. The molecule has 0 amide bonds. The zero-order chi connectivity index (χ0) is 9.80. The number of imidazole rings is 1. The number of pyridine rings is 1. The first-order valence-electron chi connectivity index (χ1n) is 4.87. The van der Waals surface area contributed by atoms with Crippen LogP contribution in [-0.2, 0) is 6.54 Å². The fourth-order valence-corrected chi connectivity index (χ4v) is 1.52. The third-order valence-electron chi connectivity index (χ3n) is 2.28. The van der Waals surface area contributed by atoms with Gasteiger partial charge in [-0.3, -0.25) is 4.98 Å². The van der Waals surface area contributed by atoms with Gasteiger partial charge in [-0.05, 0) is 25.5 Å². The Bertz CT molecular complexity index is 407. The number of rotatable bonds is 4. The zero-order valence-corrected chi connectivity index (χ0v) is 8.06. The van der Waals surface area contributed by atoms with E-state index >= 15 is 0 Å². The maximum Gasteiger partial charge on any atom is 0.107 e. The van der Waals surface area contributed by atoms with E-state index in [4.69, 9.17) is 5.73 Å². The average molecular weight is 190 g/mol. The minimum absolute atomic E-state index is 0.758. The van der Waals surface area contributed by atoms with Gasteiger partial charge < -0.3 is 10.3 Å². The molecule has 0 atom stereocenters. The first-order valence-corrected chi connectivity index (χ1v) is 4.87. The topological polar surface area (TPSA) is 56.7 Å². The molecule has 0 aliphatic rings. The van der Waals surface area contributed by atoms with Crippen LogP contribution in [0.1, 0.15) is 12.8 Å². The largest absolute Gasteiger partial charge is 0.331 e. The van der Waals surface area contributed by atoms with Gasteiger partial charge in [-0.1, -0.05) is 0 Å². The van der Waals surface area contributed by atoms with Crippen molar-refractivity contribution in [2.45, 2.75) is 19.4 Å². The number of nitrogens with two attached hydrogens (primary N) is 1. The summed E-state index contributed by atoms with van der Waals surface area (Å²) in [6.45, 7) is 1.74. The third-order valence-corrected chi connectivity index (χ3v) is 2.28. The monoisotopic (exact) mass is 190 g/mol. The molecule has 4 heteroatoms. The standard InChI is InChI=1S/C10H14N4/c11-4-1-2-6-14-8-13-9-7-12-5-3-10(9)14/h3,5,7-8H,1-2,4,6,11H2. The number of unbranched alkanes of at least 4 members (excludes halogenated alkanes) is 1. The lowest BCUT2D eigenvalue weighted by Gasteiger charge is -2.02. The zero-order valence-electron chi connectivity index (χ0n) is 8.06.